The summed E-state index contributed by atoms with van der Waals surface area (Å²) in [6.07, 6.45) is 0. The van der Waals surface area contributed by atoms with Crippen molar-refractivity contribution in [2.45, 2.75) is 18.6 Å². The molecule has 7 nitrogen and oxygen atoms in total. The van der Waals surface area contributed by atoms with Gasteiger partial charge >= 0.3 is 0 Å². The molecule has 146 valence electrons. The third-order valence-corrected chi connectivity index (χ3v) is 5.00. The quantitative estimate of drug-likeness (QED) is 0.583. The average Bonchev–Trinajstić information content (AvgIpc) is 3.15. The number of thioether (sulfide) groups is 1. The van der Waals surface area contributed by atoms with Gasteiger partial charge in [-0.25, -0.2) is 0 Å². The van der Waals surface area contributed by atoms with E-state index in [1.807, 2.05) is 41.8 Å². The topological polar surface area (TPSA) is 78.3 Å². The first-order chi connectivity index (χ1) is 13.6. The van der Waals surface area contributed by atoms with Gasteiger partial charge in [0.25, 0.3) is 0 Å². The molecular formula is C20H22N4O3S. The zero-order chi connectivity index (χ0) is 19.9. The molecule has 0 saturated heterocycles. The molecule has 0 unspecified atom stereocenters. The first-order valence-corrected chi connectivity index (χ1v) is 9.77. The number of amides is 1. The minimum absolute atomic E-state index is 0.146. The van der Waals surface area contributed by atoms with Crippen LogP contribution >= 0.6 is 11.8 Å². The predicted molar refractivity (Wildman–Crippen MR) is 110 cm³/mol. The Balaban J connectivity index is 1.68. The van der Waals surface area contributed by atoms with E-state index >= 15 is 0 Å². The summed E-state index contributed by atoms with van der Waals surface area (Å²) in [7, 11) is 3.14. The maximum atomic E-state index is 12.4. The molecule has 0 spiro atoms. The molecule has 3 rings (SSSR count). The van der Waals surface area contributed by atoms with Crippen LogP contribution in [-0.4, -0.2) is 40.6 Å². The van der Waals surface area contributed by atoms with E-state index in [1.165, 1.54) is 11.8 Å². The van der Waals surface area contributed by atoms with Crippen molar-refractivity contribution in [3.05, 3.63) is 48.5 Å². The Morgan fingerprint density at radius 1 is 1.07 bits per heavy atom. The second kappa shape index (κ2) is 9.27. The zero-order valence-corrected chi connectivity index (χ0v) is 16.8. The van der Waals surface area contributed by atoms with E-state index in [4.69, 9.17) is 9.47 Å². The van der Waals surface area contributed by atoms with Crippen molar-refractivity contribution in [2.24, 2.45) is 0 Å². The molecule has 0 fully saturated rings. The normalized spacial score (nSPS) is 10.5. The Bertz CT molecular complexity index is 922. The Morgan fingerprint density at radius 2 is 1.75 bits per heavy atom. The van der Waals surface area contributed by atoms with Gasteiger partial charge in [0.15, 0.2) is 11.0 Å². The Kier molecular flexibility index (Phi) is 6.54. The van der Waals surface area contributed by atoms with E-state index < -0.39 is 0 Å². The molecule has 0 bridgehead atoms. The van der Waals surface area contributed by atoms with Crippen molar-refractivity contribution in [3.63, 3.8) is 0 Å². The van der Waals surface area contributed by atoms with Crippen molar-refractivity contribution < 1.29 is 14.3 Å². The fourth-order valence-corrected chi connectivity index (χ4v) is 3.49. The number of benzene rings is 2. The molecule has 8 heteroatoms. The van der Waals surface area contributed by atoms with Crippen molar-refractivity contribution >= 4 is 23.4 Å². The molecule has 1 amide bonds. The van der Waals surface area contributed by atoms with Gasteiger partial charge in [-0.1, -0.05) is 42.1 Å². The van der Waals surface area contributed by atoms with Gasteiger partial charge in [-0.2, -0.15) is 0 Å². The number of ether oxygens (including phenoxy) is 2. The molecule has 1 heterocycles. The van der Waals surface area contributed by atoms with Crippen LogP contribution in [0.15, 0.2) is 53.7 Å². The van der Waals surface area contributed by atoms with E-state index in [1.54, 1.807) is 32.4 Å². The predicted octanol–water partition coefficient (Wildman–Crippen LogP) is 3.71. The lowest BCUT2D eigenvalue weighted by Crippen LogP contribution is -2.14. The van der Waals surface area contributed by atoms with Crippen LogP contribution < -0.4 is 14.8 Å². The summed E-state index contributed by atoms with van der Waals surface area (Å²) in [5.74, 6) is 2.09. The van der Waals surface area contributed by atoms with E-state index in [2.05, 4.69) is 15.5 Å². The number of nitrogens with one attached hydrogen (secondary N) is 1. The Hall–Kier alpha value is -3.00. The number of rotatable bonds is 8. The van der Waals surface area contributed by atoms with Crippen LogP contribution in [0.25, 0.3) is 11.4 Å². The highest BCUT2D eigenvalue weighted by atomic mass is 32.2. The van der Waals surface area contributed by atoms with Crippen molar-refractivity contribution in [2.75, 3.05) is 25.3 Å². The number of aromatic nitrogens is 3. The van der Waals surface area contributed by atoms with Gasteiger partial charge in [0.05, 0.1) is 20.0 Å². The minimum atomic E-state index is -0.146. The van der Waals surface area contributed by atoms with Crippen LogP contribution in [0.3, 0.4) is 0 Å². The van der Waals surface area contributed by atoms with Crippen LogP contribution in [0.5, 0.6) is 11.5 Å². The number of hydrogen-bond acceptors (Lipinski definition) is 6. The third kappa shape index (κ3) is 4.64. The second-order valence-corrected chi connectivity index (χ2v) is 6.80. The molecule has 28 heavy (non-hydrogen) atoms. The zero-order valence-electron chi connectivity index (χ0n) is 16.0. The number of hydrogen-bond donors (Lipinski definition) is 1. The standard InChI is InChI=1S/C20H22N4O3S/c1-4-24-19(14-8-6-5-7-9-14)22-23-20(24)28-13-18(25)21-15-10-16(26-2)12-17(11-15)27-3/h5-12H,4,13H2,1-3H3,(H,21,25). The summed E-state index contributed by atoms with van der Waals surface area (Å²) in [5, 5.41) is 12.1. The SMILES string of the molecule is CCn1c(SCC(=O)Nc2cc(OC)cc(OC)c2)nnc1-c1ccccc1. The Labute approximate surface area is 168 Å². The third-order valence-electron chi connectivity index (χ3n) is 4.03. The lowest BCUT2D eigenvalue weighted by Gasteiger charge is -2.10. The maximum Gasteiger partial charge on any atom is 0.234 e. The molecule has 2 aromatic carbocycles. The molecule has 1 N–H and O–H groups in total. The summed E-state index contributed by atoms with van der Waals surface area (Å²) < 4.78 is 12.5. The summed E-state index contributed by atoms with van der Waals surface area (Å²) in [6, 6.07) is 15.1. The highest BCUT2D eigenvalue weighted by Crippen LogP contribution is 2.27. The summed E-state index contributed by atoms with van der Waals surface area (Å²) in [6.45, 7) is 2.75. The van der Waals surface area contributed by atoms with Gasteiger partial charge in [-0.05, 0) is 6.92 Å². The molecule has 0 atom stereocenters. The smallest absolute Gasteiger partial charge is 0.234 e. The lowest BCUT2D eigenvalue weighted by molar-refractivity contribution is -0.113. The molecule has 3 aromatic rings. The number of methoxy groups -OCH3 is 2. The largest absolute Gasteiger partial charge is 0.497 e. The van der Waals surface area contributed by atoms with E-state index in [9.17, 15) is 4.79 Å². The number of carbonyl (C=O) groups excluding carboxylic acids is 1. The molecule has 0 saturated carbocycles. The summed E-state index contributed by atoms with van der Waals surface area (Å²) >= 11 is 1.35. The van der Waals surface area contributed by atoms with E-state index in [-0.39, 0.29) is 11.7 Å². The lowest BCUT2D eigenvalue weighted by atomic mass is 10.2. The van der Waals surface area contributed by atoms with Crippen molar-refractivity contribution in [1.29, 1.82) is 0 Å². The minimum Gasteiger partial charge on any atom is -0.497 e. The number of nitrogens with zero attached hydrogens (tertiary/aromatic N) is 3. The van der Waals surface area contributed by atoms with Gasteiger partial charge in [0, 0.05) is 36.0 Å². The van der Waals surface area contributed by atoms with Crippen LogP contribution in [0.2, 0.25) is 0 Å². The van der Waals surface area contributed by atoms with E-state index in [0.29, 0.717) is 28.9 Å². The average molecular weight is 398 g/mol. The molecule has 0 radical (unpaired) electrons. The van der Waals surface area contributed by atoms with E-state index in [0.717, 1.165) is 11.4 Å². The van der Waals surface area contributed by atoms with Crippen LogP contribution in [0.4, 0.5) is 5.69 Å². The van der Waals surface area contributed by atoms with Gasteiger partial charge in [0.2, 0.25) is 5.91 Å². The first-order valence-electron chi connectivity index (χ1n) is 8.79. The number of carbonyl (C=O) groups is 1. The maximum absolute atomic E-state index is 12.4. The van der Waals surface area contributed by atoms with Crippen LogP contribution in [0, 0.1) is 0 Å². The monoisotopic (exact) mass is 398 g/mol. The highest BCUT2D eigenvalue weighted by Gasteiger charge is 2.15. The fraction of sp³-hybridized carbons (Fsp3) is 0.250. The van der Waals surface area contributed by atoms with Gasteiger partial charge in [-0.3, -0.25) is 4.79 Å². The van der Waals surface area contributed by atoms with Crippen LogP contribution in [-0.2, 0) is 11.3 Å². The summed E-state index contributed by atoms with van der Waals surface area (Å²) in [4.78, 5) is 12.4. The van der Waals surface area contributed by atoms with Crippen molar-refractivity contribution in [3.8, 4) is 22.9 Å². The van der Waals surface area contributed by atoms with Gasteiger partial charge in [-0.15, -0.1) is 10.2 Å². The molecule has 0 aliphatic heterocycles. The van der Waals surface area contributed by atoms with Crippen molar-refractivity contribution in [1.82, 2.24) is 14.8 Å². The fourth-order valence-electron chi connectivity index (χ4n) is 2.69. The molecule has 0 aliphatic rings. The Morgan fingerprint density at radius 3 is 2.36 bits per heavy atom. The molecule has 1 aromatic heterocycles. The second-order valence-electron chi connectivity index (χ2n) is 5.85. The van der Waals surface area contributed by atoms with Gasteiger partial charge in [0.1, 0.15) is 11.5 Å². The molecular weight excluding hydrogens is 376 g/mol. The van der Waals surface area contributed by atoms with Crippen LogP contribution in [0.1, 0.15) is 6.92 Å². The summed E-state index contributed by atoms with van der Waals surface area (Å²) in [5.41, 5.74) is 1.61. The molecule has 0 aliphatic carbocycles. The van der Waals surface area contributed by atoms with Gasteiger partial charge < -0.3 is 19.4 Å². The first kappa shape index (κ1) is 19.8. The highest BCUT2D eigenvalue weighted by molar-refractivity contribution is 7.99. The number of anilines is 1.